The van der Waals surface area contributed by atoms with Crippen LogP contribution in [0, 0.1) is 5.92 Å². The minimum atomic E-state index is -0.137. The zero-order valence-corrected chi connectivity index (χ0v) is 12.5. The topological polar surface area (TPSA) is 56.1 Å². The van der Waals surface area contributed by atoms with Crippen molar-refractivity contribution in [3.63, 3.8) is 0 Å². The molecule has 6 heteroatoms. The van der Waals surface area contributed by atoms with Gasteiger partial charge in [-0.25, -0.2) is 0 Å². The first-order chi connectivity index (χ1) is 8.99. The predicted octanol–water partition coefficient (Wildman–Crippen LogP) is 2.10. The Morgan fingerprint density at radius 1 is 1.53 bits per heavy atom. The van der Waals surface area contributed by atoms with Gasteiger partial charge in [-0.05, 0) is 20.3 Å². The summed E-state index contributed by atoms with van der Waals surface area (Å²) in [6.07, 6.45) is 4.33. The van der Waals surface area contributed by atoms with Gasteiger partial charge in [0, 0.05) is 19.3 Å². The summed E-state index contributed by atoms with van der Waals surface area (Å²) < 4.78 is 7.08. The molecule has 1 heterocycles. The molecular formula is C13H22ClN3O2. The number of aromatic nitrogens is 2. The molecule has 1 unspecified atom stereocenters. The Bertz CT molecular complexity index is 393. The summed E-state index contributed by atoms with van der Waals surface area (Å²) in [5.74, 6) is -0.113. The first-order valence-corrected chi connectivity index (χ1v) is 6.94. The highest BCUT2D eigenvalue weighted by atomic mass is 35.5. The van der Waals surface area contributed by atoms with Crippen molar-refractivity contribution >= 4 is 17.5 Å². The maximum atomic E-state index is 11.8. The second kappa shape index (κ2) is 8.17. The Labute approximate surface area is 119 Å². The Morgan fingerprint density at radius 3 is 2.84 bits per heavy atom. The van der Waals surface area contributed by atoms with E-state index in [0.717, 1.165) is 6.42 Å². The van der Waals surface area contributed by atoms with Gasteiger partial charge < -0.3 is 10.1 Å². The van der Waals surface area contributed by atoms with Gasteiger partial charge in [0.15, 0.2) is 0 Å². The standard InChI is InChI=1S/C13H22ClN3O2/c1-10(2)19-6-4-5-15-13(18)11(3)8-17-9-12(14)7-16-17/h7,9-11H,4-6,8H2,1-3H3,(H,15,18). The smallest absolute Gasteiger partial charge is 0.224 e. The van der Waals surface area contributed by atoms with Crippen molar-refractivity contribution in [3.05, 3.63) is 17.4 Å². The first kappa shape index (κ1) is 16.0. The van der Waals surface area contributed by atoms with Gasteiger partial charge in [0.2, 0.25) is 5.91 Å². The van der Waals surface area contributed by atoms with Gasteiger partial charge in [0.1, 0.15) is 0 Å². The van der Waals surface area contributed by atoms with E-state index >= 15 is 0 Å². The molecule has 0 saturated heterocycles. The largest absolute Gasteiger partial charge is 0.379 e. The maximum absolute atomic E-state index is 11.8. The number of carbonyl (C=O) groups is 1. The molecule has 0 radical (unpaired) electrons. The molecule has 0 aromatic carbocycles. The van der Waals surface area contributed by atoms with Crippen LogP contribution in [0.5, 0.6) is 0 Å². The summed E-state index contributed by atoms with van der Waals surface area (Å²) in [5, 5.41) is 7.52. The lowest BCUT2D eigenvalue weighted by Gasteiger charge is -2.12. The van der Waals surface area contributed by atoms with Crippen LogP contribution in [-0.2, 0) is 16.1 Å². The normalized spacial score (nSPS) is 12.7. The predicted molar refractivity (Wildman–Crippen MR) is 75.1 cm³/mol. The van der Waals surface area contributed by atoms with Crippen molar-refractivity contribution in [1.29, 1.82) is 0 Å². The molecule has 1 rings (SSSR count). The fraction of sp³-hybridized carbons (Fsp3) is 0.692. The molecule has 1 amide bonds. The minimum Gasteiger partial charge on any atom is -0.379 e. The van der Waals surface area contributed by atoms with Gasteiger partial charge in [-0.15, -0.1) is 0 Å². The van der Waals surface area contributed by atoms with Crippen LogP contribution >= 0.6 is 11.6 Å². The lowest BCUT2D eigenvalue weighted by Crippen LogP contribution is -2.32. The average Bonchev–Trinajstić information content (AvgIpc) is 2.73. The van der Waals surface area contributed by atoms with E-state index in [4.69, 9.17) is 16.3 Å². The summed E-state index contributed by atoms with van der Waals surface area (Å²) in [6, 6.07) is 0. The molecule has 0 bridgehead atoms. The summed E-state index contributed by atoms with van der Waals surface area (Å²) in [5.41, 5.74) is 0. The summed E-state index contributed by atoms with van der Waals surface area (Å²) in [6.45, 7) is 7.69. The van der Waals surface area contributed by atoms with Crippen molar-refractivity contribution in [3.8, 4) is 0 Å². The molecule has 0 fully saturated rings. The van der Waals surface area contributed by atoms with Crippen LogP contribution in [-0.4, -0.2) is 34.9 Å². The van der Waals surface area contributed by atoms with E-state index in [9.17, 15) is 4.79 Å². The molecular weight excluding hydrogens is 266 g/mol. The summed E-state index contributed by atoms with van der Waals surface area (Å²) >= 11 is 5.77. The molecule has 1 aromatic rings. The van der Waals surface area contributed by atoms with Crippen LogP contribution in [0.25, 0.3) is 0 Å². The minimum absolute atomic E-state index is 0.0242. The van der Waals surface area contributed by atoms with Gasteiger partial charge in [0.05, 0.1) is 29.8 Å². The lowest BCUT2D eigenvalue weighted by atomic mass is 10.1. The SMILES string of the molecule is CC(C)OCCCNC(=O)C(C)Cn1cc(Cl)cn1. The van der Waals surface area contributed by atoms with Crippen molar-refractivity contribution in [1.82, 2.24) is 15.1 Å². The molecule has 1 aromatic heterocycles. The van der Waals surface area contributed by atoms with Crippen molar-refractivity contribution in [2.24, 2.45) is 5.92 Å². The number of hydrogen-bond acceptors (Lipinski definition) is 3. The van der Waals surface area contributed by atoms with Gasteiger partial charge in [-0.1, -0.05) is 18.5 Å². The van der Waals surface area contributed by atoms with E-state index in [1.807, 2.05) is 20.8 Å². The van der Waals surface area contributed by atoms with E-state index in [1.54, 1.807) is 17.1 Å². The fourth-order valence-electron chi connectivity index (χ4n) is 1.58. The third kappa shape index (κ3) is 6.59. The number of carbonyl (C=O) groups excluding carboxylic acids is 1. The first-order valence-electron chi connectivity index (χ1n) is 6.56. The van der Waals surface area contributed by atoms with Crippen LogP contribution in [0.1, 0.15) is 27.2 Å². The Hall–Kier alpha value is -1.07. The van der Waals surface area contributed by atoms with Gasteiger partial charge >= 0.3 is 0 Å². The second-order valence-electron chi connectivity index (χ2n) is 4.85. The average molecular weight is 288 g/mol. The number of rotatable bonds is 8. The number of nitrogens with zero attached hydrogens (tertiary/aromatic N) is 2. The Kier molecular flexibility index (Phi) is 6.87. The second-order valence-corrected chi connectivity index (χ2v) is 5.28. The van der Waals surface area contributed by atoms with E-state index in [2.05, 4.69) is 10.4 Å². The number of nitrogens with one attached hydrogen (secondary N) is 1. The van der Waals surface area contributed by atoms with Crippen LogP contribution in [0.15, 0.2) is 12.4 Å². The highest BCUT2D eigenvalue weighted by Crippen LogP contribution is 2.07. The summed E-state index contributed by atoms with van der Waals surface area (Å²) in [7, 11) is 0. The number of halogens is 1. The number of hydrogen-bond donors (Lipinski definition) is 1. The van der Waals surface area contributed by atoms with Crippen molar-refractivity contribution in [2.75, 3.05) is 13.2 Å². The van der Waals surface area contributed by atoms with Crippen LogP contribution in [0.3, 0.4) is 0 Å². The molecule has 0 spiro atoms. The Balaban J connectivity index is 2.18. The van der Waals surface area contributed by atoms with Crippen molar-refractivity contribution in [2.45, 2.75) is 39.8 Å². The van der Waals surface area contributed by atoms with E-state index in [1.165, 1.54) is 0 Å². The van der Waals surface area contributed by atoms with Gasteiger partial charge in [-0.2, -0.15) is 5.10 Å². The van der Waals surface area contributed by atoms with Gasteiger partial charge in [0.25, 0.3) is 0 Å². The molecule has 0 aliphatic carbocycles. The molecule has 108 valence electrons. The lowest BCUT2D eigenvalue weighted by molar-refractivity contribution is -0.125. The summed E-state index contributed by atoms with van der Waals surface area (Å²) in [4.78, 5) is 11.8. The molecule has 0 saturated carbocycles. The molecule has 5 nitrogen and oxygen atoms in total. The molecule has 0 aliphatic heterocycles. The van der Waals surface area contributed by atoms with E-state index < -0.39 is 0 Å². The molecule has 19 heavy (non-hydrogen) atoms. The zero-order valence-electron chi connectivity index (χ0n) is 11.7. The Morgan fingerprint density at radius 2 is 2.26 bits per heavy atom. The molecule has 1 N–H and O–H groups in total. The number of amides is 1. The maximum Gasteiger partial charge on any atom is 0.224 e. The molecule has 0 aliphatic rings. The highest BCUT2D eigenvalue weighted by molar-refractivity contribution is 6.30. The van der Waals surface area contributed by atoms with E-state index in [-0.39, 0.29) is 17.9 Å². The van der Waals surface area contributed by atoms with Crippen LogP contribution in [0.4, 0.5) is 0 Å². The van der Waals surface area contributed by atoms with Gasteiger partial charge in [-0.3, -0.25) is 9.48 Å². The van der Waals surface area contributed by atoms with Crippen LogP contribution in [0.2, 0.25) is 5.02 Å². The quantitative estimate of drug-likeness (QED) is 0.745. The van der Waals surface area contributed by atoms with Crippen LogP contribution < -0.4 is 5.32 Å². The third-order valence-corrected chi connectivity index (χ3v) is 2.78. The monoisotopic (exact) mass is 287 g/mol. The highest BCUT2D eigenvalue weighted by Gasteiger charge is 2.13. The fourth-order valence-corrected chi connectivity index (χ4v) is 1.74. The van der Waals surface area contributed by atoms with Crippen molar-refractivity contribution < 1.29 is 9.53 Å². The zero-order chi connectivity index (χ0) is 14.3. The molecule has 1 atom stereocenters. The van der Waals surface area contributed by atoms with E-state index in [0.29, 0.717) is 24.7 Å². The number of ether oxygens (including phenoxy) is 1. The third-order valence-electron chi connectivity index (χ3n) is 2.58.